The zero-order valence-corrected chi connectivity index (χ0v) is 14.1. The molecular formula is C20H19F2NO3. The van der Waals surface area contributed by atoms with E-state index in [-0.39, 0.29) is 36.8 Å². The largest absolute Gasteiger partial charge is 0.481 e. The van der Waals surface area contributed by atoms with Crippen molar-refractivity contribution < 1.29 is 23.5 Å². The first kappa shape index (κ1) is 18.0. The number of benzene rings is 2. The first-order chi connectivity index (χ1) is 12.5. The number of nitrogens with zero attached hydrogens (tertiary/aromatic N) is 1. The number of amides is 1. The summed E-state index contributed by atoms with van der Waals surface area (Å²) in [4.78, 5) is 25.6. The van der Waals surface area contributed by atoms with Gasteiger partial charge in [-0.15, -0.1) is 0 Å². The lowest BCUT2D eigenvalue weighted by molar-refractivity contribution is -0.141. The summed E-state index contributed by atoms with van der Waals surface area (Å²) in [6, 6.07) is 12.4. The fourth-order valence-corrected chi connectivity index (χ4v) is 3.43. The number of carboxylic acids is 1. The number of carbonyl (C=O) groups excluding carboxylic acids is 1. The Hall–Kier alpha value is -2.76. The molecule has 1 fully saturated rings. The monoisotopic (exact) mass is 359 g/mol. The van der Waals surface area contributed by atoms with Crippen LogP contribution in [0.25, 0.3) is 0 Å². The smallest absolute Gasteiger partial charge is 0.308 e. The molecule has 2 aromatic carbocycles. The first-order valence-corrected chi connectivity index (χ1v) is 8.45. The van der Waals surface area contributed by atoms with Crippen molar-refractivity contribution in [2.24, 2.45) is 5.92 Å². The highest BCUT2D eigenvalue weighted by atomic mass is 19.1. The number of likely N-dealkylation sites (tertiary alicyclic amines) is 1. The van der Waals surface area contributed by atoms with Gasteiger partial charge in [0.1, 0.15) is 11.6 Å². The molecule has 1 saturated heterocycles. The minimum Gasteiger partial charge on any atom is -0.481 e. The highest BCUT2D eigenvalue weighted by molar-refractivity contribution is 5.80. The van der Waals surface area contributed by atoms with Crippen molar-refractivity contribution in [1.82, 2.24) is 4.90 Å². The van der Waals surface area contributed by atoms with Gasteiger partial charge < -0.3 is 10.0 Å². The van der Waals surface area contributed by atoms with Crippen molar-refractivity contribution in [1.29, 1.82) is 0 Å². The first-order valence-electron chi connectivity index (χ1n) is 8.45. The molecule has 0 aliphatic carbocycles. The number of rotatable bonds is 5. The summed E-state index contributed by atoms with van der Waals surface area (Å²) in [5.74, 6) is -3.24. The van der Waals surface area contributed by atoms with Crippen molar-refractivity contribution in [3.05, 3.63) is 71.3 Å². The van der Waals surface area contributed by atoms with E-state index in [9.17, 15) is 23.5 Å². The maximum atomic E-state index is 13.7. The van der Waals surface area contributed by atoms with Crippen molar-refractivity contribution in [3.8, 4) is 0 Å². The minimum atomic E-state index is -0.940. The van der Waals surface area contributed by atoms with Gasteiger partial charge in [0.05, 0.1) is 5.92 Å². The Morgan fingerprint density at radius 2 is 1.81 bits per heavy atom. The molecular weight excluding hydrogens is 340 g/mol. The Morgan fingerprint density at radius 3 is 2.50 bits per heavy atom. The van der Waals surface area contributed by atoms with E-state index in [2.05, 4.69) is 0 Å². The summed E-state index contributed by atoms with van der Waals surface area (Å²) in [6.45, 7) is 0.435. The van der Waals surface area contributed by atoms with Crippen LogP contribution in [0.4, 0.5) is 8.78 Å². The Morgan fingerprint density at radius 1 is 1.08 bits per heavy atom. The molecule has 136 valence electrons. The molecule has 0 radical (unpaired) electrons. The third-order valence-corrected chi connectivity index (χ3v) is 4.83. The van der Waals surface area contributed by atoms with Gasteiger partial charge >= 0.3 is 5.97 Å². The molecule has 0 bridgehead atoms. The molecule has 0 aromatic heterocycles. The Bertz CT molecular complexity index is 810. The quantitative estimate of drug-likeness (QED) is 0.892. The SMILES string of the molecule is O=C(O)C1CN(C(=O)CCc2cc(F)ccc2F)CC1c1ccccc1. The number of hydrogen-bond donors (Lipinski definition) is 1. The van der Waals surface area contributed by atoms with Gasteiger partial charge in [-0.2, -0.15) is 0 Å². The van der Waals surface area contributed by atoms with Crippen LogP contribution in [0.5, 0.6) is 0 Å². The summed E-state index contributed by atoms with van der Waals surface area (Å²) < 4.78 is 26.9. The third kappa shape index (κ3) is 3.90. The zero-order chi connectivity index (χ0) is 18.7. The van der Waals surface area contributed by atoms with Crippen molar-refractivity contribution in [2.45, 2.75) is 18.8 Å². The molecule has 1 amide bonds. The average Bonchev–Trinajstić information content (AvgIpc) is 3.09. The summed E-state index contributed by atoms with van der Waals surface area (Å²) in [7, 11) is 0. The molecule has 26 heavy (non-hydrogen) atoms. The van der Waals surface area contributed by atoms with Crippen molar-refractivity contribution in [3.63, 3.8) is 0 Å². The molecule has 2 atom stereocenters. The molecule has 2 aromatic rings. The normalized spacial score (nSPS) is 19.5. The standard InChI is InChI=1S/C20H19F2NO3/c21-15-7-8-18(22)14(10-15)6-9-19(24)23-11-16(17(12-23)20(25)26)13-4-2-1-3-5-13/h1-5,7-8,10,16-17H,6,9,11-12H2,(H,25,26). The molecule has 1 heterocycles. The molecule has 0 saturated carbocycles. The van der Waals surface area contributed by atoms with Crippen molar-refractivity contribution in [2.75, 3.05) is 13.1 Å². The topological polar surface area (TPSA) is 57.6 Å². The van der Waals surface area contributed by atoms with Crippen LogP contribution in [0, 0.1) is 17.6 Å². The number of carbonyl (C=O) groups is 2. The average molecular weight is 359 g/mol. The van der Waals surface area contributed by atoms with Crippen LogP contribution in [0.3, 0.4) is 0 Å². The molecule has 1 aliphatic heterocycles. The van der Waals surface area contributed by atoms with Gasteiger partial charge in [-0.25, -0.2) is 8.78 Å². The van der Waals surface area contributed by atoms with Gasteiger partial charge in [0.25, 0.3) is 0 Å². The maximum Gasteiger partial charge on any atom is 0.308 e. The second-order valence-corrected chi connectivity index (χ2v) is 6.50. The highest BCUT2D eigenvalue weighted by Gasteiger charge is 2.40. The van der Waals surface area contributed by atoms with Crippen LogP contribution in [-0.2, 0) is 16.0 Å². The number of aryl methyl sites for hydroxylation is 1. The van der Waals surface area contributed by atoms with Gasteiger partial charge in [-0.3, -0.25) is 9.59 Å². The molecule has 6 heteroatoms. The van der Waals surface area contributed by atoms with Gasteiger partial charge in [0.15, 0.2) is 0 Å². The Kier molecular flexibility index (Phi) is 5.30. The molecule has 1 aliphatic rings. The summed E-state index contributed by atoms with van der Waals surface area (Å²) in [5.41, 5.74) is 1.03. The lowest BCUT2D eigenvalue weighted by Crippen LogP contribution is -2.30. The predicted molar refractivity (Wildman–Crippen MR) is 91.6 cm³/mol. The number of hydrogen-bond acceptors (Lipinski definition) is 2. The van der Waals surface area contributed by atoms with Crippen LogP contribution in [0.2, 0.25) is 0 Å². The van der Waals surface area contributed by atoms with Crippen LogP contribution < -0.4 is 0 Å². The molecule has 3 rings (SSSR count). The van der Waals surface area contributed by atoms with Gasteiger partial charge in [-0.05, 0) is 35.7 Å². The zero-order valence-electron chi connectivity index (χ0n) is 14.1. The summed E-state index contributed by atoms with van der Waals surface area (Å²) in [5, 5.41) is 9.49. The summed E-state index contributed by atoms with van der Waals surface area (Å²) >= 11 is 0. The van der Waals surface area contributed by atoms with Crippen LogP contribution >= 0.6 is 0 Å². The van der Waals surface area contributed by atoms with Crippen LogP contribution in [0.1, 0.15) is 23.5 Å². The van der Waals surface area contributed by atoms with E-state index in [0.29, 0.717) is 6.54 Å². The van der Waals surface area contributed by atoms with Crippen LogP contribution in [-0.4, -0.2) is 35.0 Å². The van der Waals surface area contributed by atoms with E-state index >= 15 is 0 Å². The molecule has 1 N–H and O–H groups in total. The highest BCUT2D eigenvalue weighted by Crippen LogP contribution is 2.33. The number of halogens is 2. The summed E-state index contributed by atoms with van der Waals surface area (Å²) in [6.07, 6.45) is 0.0842. The van der Waals surface area contributed by atoms with E-state index < -0.39 is 23.5 Å². The lowest BCUT2D eigenvalue weighted by Gasteiger charge is -2.16. The van der Waals surface area contributed by atoms with Gasteiger partial charge in [0.2, 0.25) is 5.91 Å². The van der Waals surface area contributed by atoms with E-state index in [1.807, 2.05) is 30.3 Å². The van der Waals surface area contributed by atoms with Gasteiger partial charge in [-0.1, -0.05) is 30.3 Å². The van der Waals surface area contributed by atoms with E-state index in [1.54, 1.807) is 0 Å². The predicted octanol–water partition coefficient (Wildman–Crippen LogP) is 3.22. The number of carboxylic acid groups (broad SMARTS) is 1. The second-order valence-electron chi connectivity index (χ2n) is 6.50. The Labute approximate surface area is 150 Å². The van der Waals surface area contributed by atoms with E-state index in [0.717, 1.165) is 23.8 Å². The molecule has 0 spiro atoms. The lowest BCUT2D eigenvalue weighted by atomic mass is 9.89. The maximum absolute atomic E-state index is 13.7. The van der Waals surface area contributed by atoms with Crippen LogP contribution in [0.15, 0.2) is 48.5 Å². The Balaban J connectivity index is 1.68. The molecule has 2 unspecified atom stereocenters. The van der Waals surface area contributed by atoms with Crippen molar-refractivity contribution >= 4 is 11.9 Å². The second kappa shape index (κ2) is 7.64. The van der Waals surface area contributed by atoms with E-state index in [4.69, 9.17) is 0 Å². The molecule has 4 nitrogen and oxygen atoms in total. The van der Waals surface area contributed by atoms with Gasteiger partial charge in [0, 0.05) is 25.4 Å². The van der Waals surface area contributed by atoms with E-state index in [1.165, 1.54) is 4.90 Å². The fourth-order valence-electron chi connectivity index (χ4n) is 3.43. The number of aliphatic carboxylic acids is 1. The minimum absolute atomic E-state index is 0.00816. The third-order valence-electron chi connectivity index (χ3n) is 4.83. The fraction of sp³-hybridized carbons (Fsp3) is 0.300.